The second kappa shape index (κ2) is 5.89. The smallest absolute Gasteiger partial charge is 0.244 e. The monoisotopic (exact) mass is 266 g/mol. The highest BCUT2D eigenvalue weighted by Gasteiger charge is 2.21. The van der Waals surface area contributed by atoms with E-state index in [4.69, 9.17) is 6.42 Å². The number of sulfonamides is 1. The number of para-hydroxylation sites is 1. The number of terminal acetylenes is 1. The maximum Gasteiger partial charge on any atom is 0.244 e. The molecule has 5 heteroatoms. The van der Waals surface area contributed by atoms with E-state index >= 15 is 0 Å². The molecule has 1 atom stereocenters. The van der Waals surface area contributed by atoms with E-state index in [9.17, 15) is 8.42 Å². The SMILES string of the molecule is C#CCC(C)Nc1ccccc1S(=O)(=O)N(C)C. The summed E-state index contributed by atoms with van der Waals surface area (Å²) in [6.07, 6.45) is 5.78. The van der Waals surface area contributed by atoms with Gasteiger partial charge in [-0.3, -0.25) is 0 Å². The van der Waals surface area contributed by atoms with Crippen LogP contribution in [0.1, 0.15) is 13.3 Å². The van der Waals surface area contributed by atoms with E-state index in [1.54, 1.807) is 24.3 Å². The Bertz CT molecular complexity index is 544. The molecule has 0 saturated heterocycles. The maximum absolute atomic E-state index is 12.1. The van der Waals surface area contributed by atoms with Gasteiger partial charge in [-0.2, -0.15) is 0 Å². The third kappa shape index (κ3) is 3.25. The average molecular weight is 266 g/mol. The van der Waals surface area contributed by atoms with Gasteiger partial charge in [-0.1, -0.05) is 12.1 Å². The molecular weight excluding hydrogens is 248 g/mol. The fourth-order valence-electron chi connectivity index (χ4n) is 1.50. The quantitative estimate of drug-likeness (QED) is 0.826. The molecule has 0 aliphatic carbocycles. The molecule has 0 aliphatic heterocycles. The van der Waals surface area contributed by atoms with E-state index in [1.807, 2.05) is 6.92 Å². The fraction of sp³-hybridized carbons (Fsp3) is 0.385. The minimum Gasteiger partial charge on any atom is -0.381 e. The topological polar surface area (TPSA) is 49.4 Å². The Morgan fingerprint density at radius 1 is 1.39 bits per heavy atom. The predicted molar refractivity (Wildman–Crippen MR) is 73.8 cm³/mol. The number of hydrogen-bond acceptors (Lipinski definition) is 3. The van der Waals surface area contributed by atoms with E-state index in [1.165, 1.54) is 18.4 Å². The summed E-state index contributed by atoms with van der Waals surface area (Å²) >= 11 is 0. The van der Waals surface area contributed by atoms with Gasteiger partial charge in [0.1, 0.15) is 4.90 Å². The van der Waals surface area contributed by atoms with E-state index in [-0.39, 0.29) is 10.9 Å². The summed E-state index contributed by atoms with van der Waals surface area (Å²) in [7, 11) is -0.427. The van der Waals surface area contributed by atoms with Gasteiger partial charge in [0.2, 0.25) is 10.0 Å². The first-order valence-electron chi connectivity index (χ1n) is 5.61. The van der Waals surface area contributed by atoms with Crippen LogP contribution in [-0.2, 0) is 10.0 Å². The second-order valence-corrected chi connectivity index (χ2v) is 6.36. The molecule has 0 amide bonds. The number of nitrogens with zero attached hydrogens (tertiary/aromatic N) is 1. The minimum absolute atomic E-state index is 0.0218. The van der Waals surface area contributed by atoms with Crippen LogP contribution >= 0.6 is 0 Å². The van der Waals surface area contributed by atoms with E-state index in [2.05, 4.69) is 11.2 Å². The van der Waals surface area contributed by atoms with Crippen molar-refractivity contribution in [3.8, 4) is 12.3 Å². The fourth-order valence-corrected chi connectivity index (χ4v) is 2.55. The van der Waals surface area contributed by atoms with Gasteiger partial charge in [0.25, 0.3) is 0 Å². The van der Waals surface area contributed by atoms with E-state index in [0.29, 0.717) is 12.1 Å². The molecule has 0 bridgehead atoms. The van der Waals surface area contributed by atoms with E-state index in [0.717, 1.165) is 0 Å². The van der Waals surface area contributed by atoms with Gasteiger partial charge >= 0.3 is 0 Å². The average Bonchev–Trinajstić information content (AvgIpc) is 2.29. The first kappa shape index (κ1) is 14.6. The van der Waals surface area contributed by atoms with Crippen LogP contribution in [0.2, 0.25) is 0 Å². The molecule has 1 aromatic rings. The standard InChI is InChI=1S/C13H18N2O2S/c1-5-8-11(2)14-12-9-6-7-10-13(12)18(16,17)15(3)4/h1,6-7,9-11,14H,8H2,2-4H3. The minimum atomic E-state index is -3.45. The first-order valence-corrected chi connectivity index (χ1v) is 7.05. The van der Waals surface area contributed by atoms with Crippen molar-refractivity contribution in [1.29, 1.82) is 0 Å². The molecule has 0 aliphatic rings. The van der Waals surface area contributed by atoms with Gasteiger partial charge in [0.15, 0.2) is 0 Å². The van der Waals surface area contributed by atoms with Crippen LogP contribution < -0.4 is 5.32 Å². The molecule has 0 fully saturated rings. The van der Waals surface area contributed by atoms with Gasteiger partial charge < -0.3 is 5.32 Å². The van der Waals surface area contributed by atoms with Gasteiger partial charge in [0.05, 0.1) is 5.69 Å². The summed E-state index contributed by atoms with van der Waals surface area (Å²) in [6.45, 7) is 1.92. The molecule has 1 N–H and O–H groups in total. The third-order valence-corrected chi connectivity index (χ3v) is 4.34. The maximum atomic E-state index is 12.1. The lowest BCUT2D eigenvalue weighted by Gasteiger charge is -2.18. The molecule has 0 saturated carbocycles. The highest BCUT2D eigenvalue weighted by atomic mass is 32.2. The van der Waals surface area contributed by atoms with Crippen molar-refractivity contribution in [2.24, 2.45) is 0 Å². The molecule has 18 heavy (non-hydrogen) atoms. The van der Waals surface area contributed by atoms with Crippen LogP contribution in [0.4, 0.5) is 5.69 Å². The Kier molecular flexibility index (Phi) is 4.76. The van der Waals surface area contributed by atoms with Gasteiger partial charge in [-0.15, -0.1) is 12.3 Å². The zero-order valence-corrected chi connectivity index (χ0v) is 11.7. The van der Waals surface area contributed by atoms with Crippen LogP contribution in [0, 0.1) is 12.3 Å². The zero-order chi connectivity index (χ0) is 13.8. The molecule has 4 nitrogen and oxygen atoms in total. The summed E-state index contributed by atoms with van der Waals surface area (Å²) in [5.41, 5.74) is 0.578. The highest BCUT2D eigenvalue weighted by Crippen LogP contribution is 2.23. The number of hydrogen-bond donors (Lipinski definition) is 1. The van der Waals surface area contributed by atoms with Gasteiger partial charge in [-0.05, 0) is 19.1 Å². The molecule has 0 heterocycles. The number of rotatable bonds is 5. The van der Waals surface area contributed by atoms with Crippen molar-refractivity contribution in [3.05, 3.63) is 24.3 Å². The van der Waals surface area contributed by atoms with Crippen LogP contribution in [0.3, 0.4) is 0 Å². The van der Waals surface area contributed by atoms with Crippen molar-refractivity contribution in [2.45, 2.75) is 24.3 Å². The summed E-state index contributed by atoms with van der Waals surface area (Å²) in [5.74, 6) is 2.55. The van der Waals surface area contributed by atoms with Crippen LogP contribution in [0.15, 0.2) is 29.2 Å². The second-order valence-electron chi connectivity index (χ2n) is 4.24. The normalized spacial score (nSPS) is 13.1. The van der Waals surface area contributed by atoms with Crippen molar-refractivity contribution in [3.63, 3.8) is 0 Å². The zero-order valence-electron chi connectivity index (χ0n) is 10.8. The summed E-state index contributed by atoms with van der Waals surface area (Å²) < 4.78 is 25.5. The van der Waals surface area contributed by atoms with Gasteiger partial charge in [0, 0.05) is 26.6 Å². The van der Waals surface area contributed by atoms with Crippen molar-refractivity contribution < 1.29 is 8.42 Å². The molecular formula is C13H18N2O2S. The van der Waals surface area contributed by atoms with Crippen molar-refractivity contribution in [1.82, 2.24) is 4.31 Å². The van der Waals surface area contributed by atoms with Gasteiger partial charge in [-0.25, -0.2) is 12.7 Å². The van der Waals surface area contributed by atoms with Crippen LogP contribution in [0.5, 0.6) is 0 Å². The Labute approximate surface area is 109 Å². The molecule has 0 radical (unpaired) electrons. The van der Waals surface area contributed by atoms with E-state index < -0.39 is 10.0 Å². The summed E-state index contributed by atoms with van der Waals surface area (Å²) in [5, 5.41) is 3.12. The third-order valence-electron chi connectivity index (χ3n) is 2.47. The molecule has 1 unspecified atom stereocenters. The Morgan fingerprint density at radius 2 is 2.00 bits per heavy atom. The van der Waals surface area contributed by atoms with Crippen molar-refractivity contribution in [2.75, 3.05) is 19.4 Å². The predicted octanol–water partition coefficient (Wildman–Crippen LogP) is 1.76. The Hall–Kier alpha value is -1.51. The van der Waals surface area contributed by atoms with Crippen LogP contribution in [-0.4, -0.2) is 32.9 Å². The molecule has 0 aromatic heterocycles. The summed E-state index contributed by atoms with van der Waals surface area (Å²) in [4.78, 5) is 0.263. The van der Waals surface area contributed by atoms with Crippen molar-refractivity contribution >= 4 is 15.7 Å². The van der Waals surface area contributed by atoms with Crippen LogP contribution in [0.25, 0.3) is 0 Å². The first-order chi connectivity index (χ1) is 8.39. The molecule has 0 spiro atoms. The lowest BCUT2D eigenvalue weighted by Crippen LogP contribution is -2.24. The number of nitrogens with one attached hydrogen (secondary N) is 1. The Balaban J connectivity index is 3.13. The largest absolute Gasteiger partial charge is 0.381 e. The lowest BCUT2D eigenvalue weighted by molar-refractivity contribution is 0.521. The lowest BCUT2D eigenvalue weighted by atomic mass is 10.2. The number of benzene rings is 1. The highest BCUT2D eigenvalue weighted by molar-refractivity contribution is 7.89. The summed E-state index contributed by atoms with van der Waals surface area (Å²) in [6, 6.07) is 6.84. The Morgan fingerprint density at radius 3 is 2.56 bits per heavy atom. The molecule has 1 aromatic carbocycles. The number of anilines is 1. The molecule has 1 rings (SSSR count). The molecule has 98 valence electrons.